The summed E-state index contributed by atoms with van der Waals surface area (Å²) in [6.07, 6.45) is 1.46. The van der Waals surface area contributed by atoms with Gasteiger partial charge in [0.2, 0.25) is 10.0 Å². The van der Waals surface area contributed by atoms with Crippen molar-refractivity contribution in [2.45, 2.75) is 45.4 Å². The van der Waals surface area contributed by atoms with Crippen LogP contribution in [0.3, 0.4) is 0 Å². The Hall–Kier alpha value is -2.34. The number of hydrogen-bond acceptors (Lipinski definition) is 8. The molecule has 3 rings (SSSR count). The van der Waals surface area contributed by atoms with Crippen LogP contribution in [0.2, 0.25) is 0 Å². The van der Waals surface area contributed by atoms with Crippen molar-refractivity contribution in [1.82, 2.24) is 9.29 Å². The standard InChI is InChI=1S/C22H27N3O5S3/c1-5-12-25(13-6-2)33(28,29)16-10-8-15(9-11-16)19(26)23-22-24-20-17(32-22)14(4)18(31-20)21(27)30-7-3/h8-11H,5-7,12-13H2,1-4H3,(H,23,24,26). The number of aryl methyl sites for hydroxylation is 1. The number of esters is 1. The number of sulfonamides is 1. The zero-order valence-electron chi connectivity index (χ0n) is 19.0. The van der Waals surface area contributed by atoms with Gasteiger partial charge in [0.05, 0.1) is 16.2 Å². The minimum atomic E-state index is -3.60. The molecule has 0 atom stereocenters. The number of thiophene rings is 1. The van der Waals surface area contributed by atoms with Crippen LogP contribution in [0.5, 0.6) is 0 Å². The third kappa shape index (κ3) is 5.43. The van der Waals surface area contributed by atoms with Gasteiger partial charge in [-0.15, -0.1) is 11.3 Å². The van der Waals surface area contributed by atoms with Crippen molar-refractivity contribution >= 4 is 59.2 Å². The second-order valence-corrected chi connectivity index (χ2v) is 11.2. The molecule has 0 radical (unpaired) electrons. The Labute approximate surface area is 201 Å². The summed E-state index contributed by atoms with van der Waals surface area (Å²) in [6.45, 7) is 8.67. The van der Waals surface area contributed by atoms with E-state index in [1.807, 2.05) is 20.8 Å². The van der Waals surface area contributed by atoms with Crippen molar-refractivity contribution in [3.05, 3.63) is 40.3 Å². The Balaban J connectivity index is 1.75. The van der Waals surface area contributed by atoms with Gasteiger partial charge < -0.3 is 4.74 Å². The van der Waals surface area contributed by atoms with E-state index >= 15 is 0 Å². The number of nitrogens with one attached hydrogen (secondary N) is 1. The van der Waals surface area contributed by atoms with E-state index < -0.39 is 10.0 Å². The number of ether oxygens (including phenoxy) is 1. The molecule has 33 heavy (non-hydrogen) atoms. The molecule has 1 amide bonds. The van der Waals surface area contributed by atoms with E-state index in [1.54, 1.807) is 6.92 Å². The maximum Gasteiger partial charge on any atom is 0.348 e. The smallest absolute Gasteiger partial charge is 0.348 e. The third-order valence-electron chi connectivity index (χ3n) is 4.86. The monoisotopic (exact) mass is 509 g/mol. The Kier molecular flexibility index (Phi) is 8.22. The Bertz CT molecular complexity index is 1240. The minimum absolute atomic E-state index is 0.165. The highest BCUT2D eigenvalue weighted by molar-refractivity contribution is 7.89. The first-order chi connectivity index (χ1) is 15.7. The van der Waals surface area contributed by atoms with Crippen LogP contribution in [0.1, 0.15) is 59.2 Å². The highest BCUT2D eigenvalue weighted by Gasteiger charge is 2.24. The second kappa shape index (κ2) is 10.7. The molecule has 3 aromatic rings. The van der Waals surface area contributed by atoms with Crippen molar-refractivity contribution in [2.24, 2.45) is 0 Å². The first-order valence-corrected chi connectivity index (χ1v) is 13.8. The summed E-state index contributed by atoms with van der Waals surface area (Å²) in [5, 5.41) is 3.17. The van der Waals surface area contributed by atoms with Gasteiger partial charge in [0.25, 0.3) is 5.91 Å². The van der Waals surface area contributed by atoms with Gasteiger partial charge in [-0.2, -0.15) is 4.31 Å². The van der Waals surface area contributed by atoms with Crippen LogP contribution >= 0.6 is 22.7 Å². The van der Waals surface area contributed by atoms with Crippen LogP contribution in [-0.2, 0) is 14.8 Å². The highest BCUT2D eigenvalue weighted by Crippen LogP contribution is 2.37. The lowest BCUT2D eigenvalue weighted by Gasteiger charge is -2.21. The highest BCUT2D eigenvalue weighted by atomic mass is 32.2. The Morgan fingerprint density at radius 1 is 1.06 bits per heavy atom. The molecule has 0 fully saturated rings. The van der Waals surface area contributed by atoms with Gasteiger partial charge >= 0.3 is 5.97 Å². The van der Waals surface area contributed by atoms with Crippen LogP contribution in [0.25, 0.3) is 9.53 Å². The lowest BCUT2D eigenvalue weighted by Crippen LogP contribution is -2.32. The molecule has 0 aliphatic rings. The maximum atomic E-state index is 12.9. The zero-order chi connectivity index (χ0) is 24.2. The van der Waals surface area contributed by atoms with Crippen molar-refractivity contribution in [3.63, 3.8) is 0 Å². The van der Waals surface area contributed by atoms with Crippen molar-refractivity contribution in [1.29, 1.82) is 0 Å². The van der Waals surface area contributed by atoms with E-state index in [2.05, 4.69) is 10.3 Å². The van der Waals surface area contributed by atoms with E-state index in [1.165, 1.54) is 51.2 Å². The van der Waals surface area contributed by atoms with Crippen LogP contribution in [0.4, 0.5) is 5.13 Å². The number of carbonyl (C=O) groups excluding carboxylic acids is 2. The summed E-state index contributed by atoms with van der Waals surface area (Å²) in [6, 6.07) is 5.91. The summed E-state index contributed by atoms with van der Waals surface area (Å²) in [5.41, 5.74) is 1.11. The molecular weight excluding hydrogens is 482 g/mol. The molecule has 0 aliphatic carbocycles. The fourth-order valence-corrected chi connectivity index (χ4v) is 7.11. The van der Waals surface area contributed by atoms with Gasteiger partial charge in [-0.05, 0) is 56.5 Å². The fraction of sp³-hybridized carbons (Fsp3) is 0.409. The molecule has 11 heteroatoms. The lowest BCUT2D eigenvalue weighted by atomic mass is 10.2. The Morgan fingerprint density at radius 2 is 1.70 bits per heavy atom. The van der Waals surface area contributed by atoms with Gasteiger partial charge in [-0.25, -0.2) is 18.2 Å². The number of benzene rings is 1. The molecular formula is C22H27N3O5S3. The normalized spacial score (nSPS) is 11.8. The van der Waals surface area contributed by atoms with E-state index in [-0.39, 0.29) is 16.8 Å². The average Bonchev–Trinajstić information content (AvgIpc) is 3.32. The molecule has 0 saturated carbocycles. The number of anilines is 1. The number of hydrogen-bond donors (Lipinski definition) is 1. The van der Waals surface area contributed by atoms with Crippen molar-refractivity contribution < 1.29 is 22.7 Å². The molecule has 0 spiro atoms. The number of amides is 1. The summed E-state index contributed by atoms with van der Waals surface area (Å²) < 4.78 is 33.1. The lowest BCUT2D eigenvalue weighted by molar-refractivity contribution is 0.0531. The van der Waals surface area contributed by atoms with Gasteiger partial charge in [0.15, 0.2) is 5.13 Å². The molecule has 1 N–H and O–H groups in total. The number of rotatable bonds is 10. The number of aromatic nitrogens is 1. The molecule has 0 aliphatic heterocycles. The maximum absolute atomic E-state index is 12.9. The van der Waals surface area contributed by atoms with Crippen LogP contribution in [0.15, 0.2) is 29.2 Å². The number of carbonyl (C=O) groups is 2. The molecule has 8 nitrogen and oxygen atoms in total. The first-order valence-electron chi connectivity index (χ1n) is 10.7. The molecule has 0 unspecified atom stereocenters. The van der Waals surface area contributed by atoms with Crippen molar-refractivity contribution in [2.75, 3.05) is 25.0 Å². The number of fused-ring (bicyclic) bond motifs is 1. The average molecular weight is 510 g/mol. The van der Waals surface area contributed by atoms with Crippen LogP contribution in [0, 0.1) is 6.92 Å². The Morgan fingerprint density at radius 3 is 2.24 bits per heavy atom. The first kappa shape index (κ1) is 25.3. The SMILES string of the molecule is CCCN(CCC)S(=O)(=O)c1ccc(C(=O)Nc2nc3sc(C(=O)OCC)c(C)c3s2)cc1. The van der Waals surface area contributed by atoms with E-state index in [9.17, 15) is 18.0 Å². The summed E-state index contributed by atoms with van der Waals surface area (Å²) >= 11 is 2.52. The molecule has 0 saturated heterocycles. The van der Waals surface area contributed by atoms with E-state index in [0.717, 1.165) is 23.1 Å². The minimum Gasteiger partial charge on any atom is -0.462 e. The molecule has 2 heterocycles. The number of thiazole rings is 1. The molecule has 178 valence electrons. The van der Waals surface area contributed by atoms with Gasteiger partial charge in [-0.1, -0.05) is 25.2 Å². The van der Waals surface area contributed by atoms with Crippen molar-refractivity contribution in [3.8, 4) is 0 Å². The third-order valence-corrected chi connectivity index (χ3v) is 9.16. The van der Waals surface area contributed by atoms with Crippen LogP contribution < -0.4 is 5.32 Å². The fourth-order valence-electron chi connectivity index (χ4n) is 3.28. The van der Waals surface area contributed by atoms with E-state index in [4.69, 9.17) is 4.74 Å². The van der Waals surface area contributed by atoms with Gasteiger partial charge in [-0.3, -0.25) is 10.1 Å². The van der Waals surface area contributed by atoms with Crippen LogP contribution in [-0.4, -0.2) is 49.3 Å². The number of nitrogens with zero attached hydrogens (tertiary/aromatic N) is 2. The molecule has 0 bridgehead atoms. The van der Waals surface area contributed by atoms with Gasteiger partial charge in [0.1, 0.15) is 9.71 Å². The predicted octanol–water partition coefficient (Wildman–Crippen LogP) is 4.91. The summed E-state index contributed by atoms with van der Waals surface area (Å²) in [7, 11) is -3.60. The van der Waals surface area contributed by atoms with E-state index in [0.29, 0.717) is 40.1 Å². The summed E-state index contributed by atoms with van der Waals surface area (Å²) in [4.78, 5) is 30.5. The predicted molar refractivity (Wildman–Crippen MR) is 132 cm³/mol. The van der Waals surface area contributed by atoms with Gasteiger partial charge in [0, 0.05) is 18.7 Å². The second-order valence-electron chi connectivity index (χ2n) is 7.31. The zero-order valence-corrected chi connectivity index (χ0v) is 21.5. The quantitative estimate of drug-likeness (QED) is 0.390. The molecule has 1 aromatic carbocycles. The topological polar surface area (TPSA) is 106 Å². The summed E-state index contributed by atoms with van der Waals surface area (Å²) in [5.74, 6) is -0.759. The molecule has 2 aromatic heterocycles. The largest absolute Gasteiger partial charge is 0.462 e.